The smallest absolute Gasteiger partial charge is 0.242 e. The van der Waals surface area contributed by atoms with Gasteiger partial charge >= 0.3 is 0 Å². The number of benzene rings is 1. The number of hydrogen-bond acceptors (Lipinski definition) is 6. The fourth-order valence-corrected chi connectivity index (χ4v) is 5.03. The number of hydrogen-bond donors (Lipinski definition) is 2. The lowest BCUT2D eigenvalue weighted by Crippen LogP contribution is -2.47. The lowest BCUT2D eigenvalue weighted by atomic mass is 9.98. The fraction of sp³-hybridized carbons (Fsp3) is 0.409. The molecule has 3 aliphatic rings. The highest BCUT2D eigenvalue weighted by molar-refractivity contribution is 5.75. The molecule has 0 radical (unpaired) electrons. The summed E-state index contributed by atoms with van der Waals surface area (Å²) in [7, 11) is 2.14. The molecule has 1 aromatic carbocycles. The third-order valence-electron chi connectivity index (χ3n) is 6.64. The van der Waals surface area contributed by atoms with Gasteiger partial charge in [0.2, 0.25) is 5.88 Å². The highest BCUT2D eigenvalue weighted by atomic mass is 16.5. The summed E-state index contributed by atoms with van der Waals surface area (Å²) in [5.74, 6) is 1.53. The molecule has 3 aromatic rings. The first-order valence-corrected chi connectivity index (χ1v) is 10.4. The van der Waals surface area contributed by atoms with Gasteiger partial charge in [-0.25, -0.2) is 4.98 Å². The quantitative estimate of drug-likeness (QED) is 0.718. The predicted molar refractivity (Wildman–Crippen MR) is 111 cm³/mol. The van der Waals surface area contributed by atoms with Crippen LogP contribution >= 0.6 is 0 Å². The first-order valence-electron chi connectivity index (χ1n) is 10.4. The Morgan fingerprint density at radius 2 is 1.97 bits per heavy atom. The molecule has 3 aliphatic heterocycles. The summed E-state index contributed by atoms with van der Waals surface area (Å²) in [4.78, 5) is 11.9. The summed E-state index contributed by atoms with van der Waals surface area (Å²) in [5.41, 5.74) is 5.24. The Hall–Kier alpha value is -2.93. The first-order chi connectivity index (χ1) is 14.2. The molecule has 0 saturated carbocycles. The molecule has 2 unspecified atom stereocenters. The van der Waals surface area contributed by atoms with Gasteiger partial charge in [0.25, 0.3) is 0 Å². The lowest BCUT2D eigenvalue weighted by molar-refractivity contribution is 0.288. The third-order valence-corrected chi connectivity index (χ3v) is 6.64. The minimum Gasteiger partial charge on any atom is -0.471 e. The zero-order valence-corrected chi connectivity index (χ0v) is 16.4. The van der Waals surface area contributed by atoms with Gasteiger partial charge in [-0.1, -0.05) is 12.1 Å². The van der Waals surface area contributed by atoms with Crippen LogP contribution in [0.3, 0.4) is 0 Å². The van der Waals surface area contributed by atoms with E-state index in [1.807, 2.05) is 18.6 Å². The van der Waals surface area contributed by atoms with Gasteiger partial charge in [-0.05, 0) is 42.9 Å². The molecular weight excluding hydrogens is 364 g/mol. The SMILES string of the molecule is CN(c1cnc2c(n1)OCc1cc(-c3cn[nH]c3)ccc1-2)C1CC2CCC(C1)N2. The predicted octanol–water partition coefficient (Wildman–Crippen LogP) is 3.15. The van der Waals surface area contributed by atoms with E-state index < -0.39 is 0 Å². The van der Waals surface area contributed by atoms with Gasteiger partial charge in [-0.3, -0.25) is 5.10 Å². The van der Waals surface area contributed by atoms with Crippen molar-refractivity contribution in [3.8, 4) is 28.3 Å². The highest BCUT2D eigenvalue weighted by Gasteiger charge is 2.35. The average Bonchev–Trinajstić information content (AvgIpc) is 3.42. The number of ether oxygens (including phenoxy) is 1. The van der Waals surface area contributed by atoms with Crippen LogP contribution in [0.25, 0.3) is 22.4 Å². The van der Waals surface area contributed by atoms with Crippen LogP contribution in [0.1, 0.15) is 31.2 Å². The molecule has 148 valence electrons. The number of rotatable bonds is 3. The molecular formula is C22H24N6O. The fourth-order valence-electron chi connectivity index (χ4n) is 5.03. The van der Waals surface area contributed by atoms with E-state index in [0.717, 1.165) is 33.8 Å². The van der Waals surface area contributed by atoms with E-state index >= 15 is 0 Å². The number of nitrogens with one attached hydrogen (secondary N) is 2. The molecule has 29 heavy (non-hydrogen) atoms. The molecule has 7 nitrogen and oxygen atoms in total. The van der Waals surface area contributed by atoms with Crippen LogP contribution < -0.4 is 15.0 Å². The normalized spacial score (nSPS) is 24.5. The van der Waals surface area contributed by atoms with Crippen molar-refractivity contribution >= 4 is 5.82 Å². The van der Waals surface area contributed by atoms with Crippen LogP contribution in [0.2, 0.25) is 0 Å². The summed E-state index contributed by atoms with van der Waals surface area (Å²) < 4.78 is 6.02. The van der Waals surface area contributed by atoms with Gasteiger partial charge in [0.15, 0.2) is 5.82 Å². The maximum Gasteiger partial charge on any atom is 0.242 e. The molecule has 2 aromatic heterocycles. The van der Waals surface area contributed by atoms with Gasteiger partial charge in [0.1, 0.15) is 12.3 Å². The van der Waals surface area contributed by atoms with E-state index in [4.69, 9.17) is 14.7 Å². The molecule has 2 saturated heterocycles. The zero-order valence-electron chi connectivity index (χ0n) is 16.4. The summed E-state index contributed by atoms with van der Waals surface area (Å²) in [6, 6.07) is 8.18. The second kappa shape index (κ2) is 6.56. The molecule has 0 spiro atoms. The minimum atomic E-state index is 0.507. The van der Waals surface area contributed by atoms with E-state index in [1.165, 1.54) is 25.7 Å². The van der Waals surface area contributed by atoms with Crippen molar-refractivity contribution in [2.24, 2.45) is 0 Å². The maximum atomic E-state index is 6.02. The summed E-state index contributed by atoms with van der Waals surface area (Å²) >= 11 is 0. The second-order valence-electron chi connectivity index (χ2n) is 8.40. The molecule has 2 fully saturated rings. The van der Waals surface area contributed by atoms with Crippen LogP contribution in [0.15, 0.2) is 36.8 Å². The van der Waals surface area contributed by atoms with Gasteiger partial charge in [-0.2, -0.15) is 10.1 Å². The molecule has 0 aliphatic carbocycles. The Labute approximate surface area is 169 Å². The molecule has 6 rings (SSSR count). The lowest BCUT2D eigenvalue weighted by Gasteiger charge is -2.36. The number of nitrogens with zero attached hydrogens (tertiary/aromatic N) is 4. The molecule has 0 amide bonds. The Morgan fingerprint density at radius 3 is 2.76 bits per heavy atom. The third kappa shape index (κ3) is 2.88. The van der Waals surface area contributed by atoms with Crippen LogP contribution in [-0.2, 0) is 6.61 Å². The zero-order chi connectivity index (χ0) is 19.4. The van der Waals surface area contributed by atoms with Crippen LogP contribution in [-0.4, -0.2) is 45.3 Å². The summed E-state index contributed by atoms with van der Waals surface area (Å²) in [6.07, 6.45) is 10.6. The van der Waals surface area contributed by atoms with Crippen molar-refractivity contribution in [2.75, 3.05) is 11.9 Å². The standard InChI is InChI=1S/C22H24N6O/c1-28(18-7-16-3-4-17(8-18)26-16)20-11-23-21-19-5-2-13(15-9-24-25-10-15)6-14(19)12-29-22(21)27-20/h2,5-6,9-11,16-18,26H,3-4,7-8,12H2,1H3,(H,24,25). The van der Waals surface area contributed by atoms with E-state index in [0.29, 0.717) is 30.6 Å². The van der Waals surface area contributed by atoms with Crippen molar-refractivity contribution in [2.45, 2.75) is 50.4 Å². The molecule has 2 atom stereocenters. The van der Waals surface area contributed by atoms with Crippen LogP contribution in [0.4, 0.5) is 5.82 Å². The van der Waals surface area contributed by atoms with Gasteiger partial charge in [0.05, 0.1) is 12.4 Å². The first kappa shape index (κ1) is 17.0. The van der Waals surface area contributed by atoms with Crippen molar-refractivity contribution in [3.63, 3.8) is 0 Å². The van der Waals surface area contributed by atoms with E-state index in [1.54, 1.807) is 0 Å². The van der Waals surface area contributed by atoms with E-state index in [2.05, 4.69) is 45.7 Å². The van der Waals surface area contributed by atoms with Crippen molar-refractivity contribution < 1.29 is 4.74 Å². The Balaban J connectivity index is 1.29. The Kier molecular flexibility index (Phi) is 3.84. The maximum absolute atomic E-state index is 6.02. The summed E-state index contributed by atoms with van der Waals surface area (Å²) in [5, 5.41) is 10.6. The number of aromatic amines is 1. The topological polar surface area (TPSA) is 79.0 Å². The average molecular weight is 388 g/mol. The minimum absolute atomic E-state index is 0.507. The molecule has 2 bridgehead atoms. The number of piperidine rings is 1. The highest BCUT2D eigenvalue weighted by Crippen LogP contribution is 2.38. The monoisotopic (exact) mass is 388 g/mol. The Bertz CT molecular complexity index is 1040. The summed E-state index contributed by atoms with van der Waals surface area (Å²) in [6.45, 7) is 0.507. The molecule has 2 N–H and O–H groups in total. The van der Waals surface area contributed by atoms with E-state index in [9.17, 15) is 0 Å². The van der Waals surface area contributed by atoms with Gasteiger partial charge in [-0.15, -0.1) is 0 Å². The van der Waals surface area contributed by atoms with E-state index in [-0.39, 0.29) is 0 Å². The molecule has 7 heteroatoms. The Morgan fingerprint density at radius 1 is 1.10 bits per heavy atom. The van der Waals surface area contributed by atoms with Gasteiger partial charge in [0, 0.05) is 42.5 Å². The number of aromatic nitrogens is 4. The van der Waals surface area contributed by atoms with Crippen LogP contribution in [0, 0.1) is 0 Å². The van der Waals surface area contributed by atoms with Crippen molar-refractivity contribution in [3.05, 3.63) is 42.4 Å². The van der Waals surface area contributed by atoms with Crippen molar-refractivity contribution in [1.82, 2.24) is 25.5 Å². The number of H-pyrrole nitrogens is 1. The second-order valence-corrected chi connectivity index (χ2v) is 8.40. The largest absolute Gasteiger partial charge is 0.471 e. The van der Waals surface area contributed by atoms with Crippen LogP contribution in [0.5, 0.6) is 5.88 Å². The number of anilines is 1. The van der Waals surface area contributed by atoms with Gasteiger partial charge < -0.3 is 15.0 Å². The molecule has 5 heterocycles. The van der Waals surface area contributed by atoms with Crippen molar-refractivity contribution in [1.29, 1.82) is 0 Å². The number of fused-ring (bicyclic) bond motifs is 5.